The Hall–Kier alpha value is -1.85. The van der Waals surface area contributed by atoms with Gasteiger partial charge in [-0.15, -0.1) is 5.10 Å². The number of nitrogens with zero attached hydrogens (tertiary/aromatic N) is 2. The summed E-state index contributed by atoms with van der Waals surface area (Å²) in [5.41, 5.74) is 1.81. The third-order valence-corrected chi connectivity index (χ3v) is 3.80. The number of halogens is 1. The summed E-state index contributed by atoms with van der Waals surface area (Å²) in [5.74, 6) is 0.536. The maximum Gasteiger partial charge on any atom is 0.242 e. The molecule has 0 saturated carbocycles. The molecule has 6 heteroatoms. The van der Waals surface area contributed by atoms with Crippen LogP contribution in [0.2, 0.25) is 5.02 Å². The first-order chi connectivity index (χ1) is 10.1. The minimum absolute atomic E-state index is 0.0248. The fourth-order valence-electron chi connectivity index (χ4n) is 2.53. The third kappa shape index (κ3) is 3.09. The first-order valence-corrected chi connectivity index (χ1v) is 7.38. The highest BCUT2D eigenvalue weighted by atomic mass is 35.5. The minimum Gasteiger partial charge on any atom is -0.308 e. The van der Waals surface area contributed by atoms with Crippen molar-refractivity contribution >= 4 is 23.3 Å². The average Bonchev–Trinajstić information content (AvgIpc) is 3.08. The Balaban J connectivity index is 1.79. The van der Waals surface area contributed by atoms with E-state index in [0.717, 1.165) is 30.8 Å². The summed E-state index contributed by atoms with van der Waals surface area (Å²) in [6, 6.07) is 9.20. The van der Waals surface area contributed by atoms with Gasteiger partial charge in [0.25, 0.3) is 0 Å². The fourth-order valence-corrected chi connectivity index (χ4v) is 2.71. The Bertz CT molecular complexity index is 661. The van der Waals surface area contributed by atoms with Crippen molar-refractivity contribution in [3.05, 3.63) is 41.0 Å². The van der Waals surface area contributed by atoms with Crippen molar-refractivity contribution in [2.45, 2.75) is 25.8 Å². The van der Waals surface area contributed by atoms with Crippen molar-refractivity contribution in [3.63, 3.8) is 0 Å². The molecular formula is C15H17ClN4O. The number of carbonyl (C=O) groups is 1. The second-order valence-electron chi connectivity index (χ2n) is 5.20. The van der Waals surface area contributed by atoms with Crippen molar-refractivity contribution < 1.29 is 4.79 Å². The first kappa shape index (κ1) is 14.1. The molecule has 0 aliphatic carbocycles. The maximum atomic E-state index is 12.1. The van der Waals surface area contributed by atoms with E-state index in [2.05, 4.69) is 15.7 Å². The van der Waals surface area contributed by atoms with Crippen LogP contribution in [0.1, 0.15) is 18.5 Å². The molecule has 1 amide bonds. The van der Waals surface area contributed by atoms with Crippen molar-refractivity contribution in [2.75, 3.05) is 11.9 Å². The van der Waals surface area contributed by atoms with Gasteiger partial charge in [-0.25, -0.2) is 4.68 Å². The zero-order valence-electron chi connectivity index (χ0n) is 11.8. The molecular weight excluding hydrogens is 288 g/mol. The summed E-state index contributed by atoms with van der Waals surface area (Å²) in [7, 11) is 0. The number of benzene rings is 1. The molecule has 1 unspecified atom stereocenters. The molecule has 1 aromatic carbocycles. The summed E-state index contributed by atoms with van der Waals surface area (Å²) in [5, 5.41) is 11.1. The van der Waals surface area contributed by atoms with Crippen LogP contribution in [0, 0.1) is 6.92 Å². The summed E-state index contributed by atoms with van der Waals surface area (Å²) in [6.07, 6.45) is 1.91. The molecule has 2 heterocycles. The van der Waals surface area contributed by atoms with Gasteiger partial charge >= 0.3 is 0 Å². The van der Waals surface area contributed by atoms with Gasteiger partial charge in [-0.2, -0.15) is 0 Å². The van der Waals surface area contributed by atoms with Crippen molar-refractivity contribution in [2.24, 2.45) is 0 Å². The molecule has 0 bridgehead atoms. The van der Waals surface area contributed by atoms with Crippen LogP contribution < -0.4 is 10.6 Å². The third-order valence-electron chi connectivity index (χ3n) is 3.57. The SMILES string of the molecule is Cc1cc(NC(=O)C2CCCN2)nn1-c1cccc(Cl)c1. The van der Waals surface area contributed by atoms with Crippen LogP contribution in [0.5, 0.6) is 0 Å². The quantitative estimate of drug-likeness (QED) is 0.916. The predicted octanol–water partition coefficient (Wildman–Crippen LogP) is 2.52. The largest absolute Gasteiger partial charge is 0.308 e. The predicted molar refractivity (Wildman–Crippen MR) is 83.0 cm³/mol. The summed E-state index contributed by atoms with van der Waals surface area (Å²) < 4.78 is 1.77. The molecule has 2 N–H and O–H groups in total. The number of hydrogen-bond donors (Lipinski definition) is 2. The van der Waals surface area contributed by atoms with Gasteiger partial charge in [0.1, 0.15) is 0 Å². The van der Waals surface area contributed by atoms with E-state index in [4.69, 9.17) is 11.6 Å². The van der Waals surface area contributed by atoms with E-state index in [-0.39, 0.29) is 11.9 Å². The molecule has 3 rings (SSSR count). The van der Waals surface area contributed by atoms with Gasteiger partial charge in [-0.1, -0.05) is 17.7 Å². The zero-order chi connectivity index (χ0) is 14.8. The van der Waals surface area contributed by atoms with E-state index in [1.807, 2.05) is 37.3 Å². The van der Waals surface area contributed by atoms with Crippen LogP contribution in [0.3, 0.4) is 0 Å². The van der Waals surface area contributed by atoms with Crippen molar-refractivity contribution in [1.29, 1.82) is 0 Å². The van der Waals surface area contributed by atoms with E-state index < -0.39 is 0 Å². The monoisotopic (exact) mass is 304 g/mol. The van der Waals surface area contributed by atoms with Crippen LogP contribution in [0.15, 0.2) is 30.3 Å². The van der Waals surface area contributed by atoms with Crippen LogP contribution >= 0.6 is 11.6 Å². The second kappa shape index (κ2) is 5.87. The molecule has 1 aliphatic heterocycles. The molecule has 0 radical (unpaired) electrons. The lowest BCUT2D eigenvalue weighted by Gasteiger charge is -2.08. The number of anilines is 1. The van der Waals surface area contributed by atoms with E-state index >= 15 is 0 Å². The Morgan fingerprint density at radius 1 is 1.48 bits per heavy atom. The van der Waals surface area contributed by atoms with Gasteiger partial charge in [0.15, 0.2) is 5.82 Å². The maximum absolute atomic E-state index is 12.1. The Morgan fingerprint density at radius 2 is 2.33 bits per heavy atom. The summed E-state index contributed by atoms with van der Waals surface area (Å²) in [4.78, 5) is 12.1. The standard InChI is InChI=1S/C15H17ClN4O/c1-10-8-14(18-15(21)13-6-3-7-17-13)19-20(10)12-5-2-4-11(16)9-12/h2,4-5,8-9,13,17H,3,6-7H2,1H3,(H,18,19,21). The highest BCUT2D eigenvalue weighted by molar-refractivity contribution is 6.30. The van der Waals surface area contributed by atoms with E-state index in [9.17, 15) is 4.79 Å². The van der Waals surface area contributed by atoms with E-state index in [1.165, 1.54) is 0 Å². The molecule has 1 atom stereocenters. The first-order valence-electron chi connectivity index (χ1n) is 7.00. The molecule has 1 saturated heterocycles. The van der Waals surface area contributed by atoms with E-state index in [1.54, 1.807) is 4.68 Å². The van der Waals surface area contributed by atoms with Crippen LogP contribution in [-0.4, -0.2) is 28.3 Å². The van der Waals surface area contributed by atoms with Crippen molar-refractivity contribution in [3.8, 4) is 5.69 Å². The highest BCUT2D eigenvalue weighted by Crippen LogP contribution is 2.19. The van der Waals surface area contributed by atoms with E-state index in [0.29, 0.717) is 10.8 Å². The summed E-state index contributed by atoms with van der Waals surface area (Å²) >= 11 is 6.01. The summed E-state index contributed by atoms with van der Waals surface area (Å²) in [6.45, 7) is 2.84. The molecule has 110 valence electrons. The number of carbonyl (C=O) groups excluding carboxylic acids is 1. The van der Waals surface area contributed by atoms with Crippen LogP contribution in [0.4, 0.5) is 5.82 Å². The van der Waals surface area contributed by atoms with Gasteiger partial charge in [0.2, 0.25) is 5.91 Å². The molecule has 21 heavy (non-hydrogen) atoms. The molecule has 0 spiro atoms. The normalized spacial score (nSPS) is 17.9. The second-order valence-corrected chi connectivity index (χ2v) is 5.64. The number of amides is 1. The van der Waals surface area contributed by atoms with Crippen molar-refractivity contribution in [1.82, 2.24) is 15.1 Å². The number of aromatic nitrogens is 2. The number of hydrogen-bond acceptors (Lipinski definition) is 3. The molecule has 1 aromatic heterocycles. The lowest BCUT2D eigenvalue weighted by Crippen LogP contribution is -2.35. The topological polar surface area (TPSA) is 59.0 Å². The highest BCUT2D eigenvalue weighted by Gasteiger charge is 2.22. The molecule has 1 fully saturated rings. The molecule has 1 aliphatic rings. The minimum atomic E-state index is -0.110. The Kier molecular flexibility index (Phi) is 3.94. The van der Waals surface area contributed by atoms with Gasteiger partial charge in [-0.3, -0.25) is 4.79 Å². The molecule has 5 nitrogen and oxygen atoms in total. The number of aryl methyl sites for hydroxylation is 1. The lowest BCUT2D eigenvalue weighted by molar-refractivity contribution is -0.117. The smallest absolute Gasteiger partial charge is 0.242 e. The Labute approximate surface area is 128 Å². The number of nitrogens with one attached hydrogen (secondary N) is 2. The van der Waals surface area contributed by atoms with Gasteiger partial charge < -0.3 is 10.6 Å². The lowest BCUT2D eigenvalue weighted by atomic mass is 10.2. The van der Waals surface area contributed by atoms with Gasteiger partial charge in [0, 0.05) is 16.8 Å². The molecule has 2 aromatic rings. The van der Waals surface area contributed by atoms with Gasteiger partial charge in [-0.05, 0) is 44.5 Å². The Morgan fingerprint density at radius 3 is 3.05 bits per heavy atom. The van der Waals surface area contributed by atoms with Crippen LogP contribution in [0.25, 0.3) is 5.69 Å². The zero-order valence-corrected chi connectivity index (χ0v) is 12.5. The van der Waals surface area contributed by atoms with Crippen LogP contribution in [-0.2, 0) is 4.79 Å². The van der Waals surface area contributed by atoms with Gasteiger partial charge in [0.05, 0.1) is 11.7 Å². The number of rotatable bonds is 3. The average molecular weight is 305 g/mol. The fraction of sp³-hybridized carbons (Fsp3) is 0.333.